The van der Waals surface area contributed by atoms with Gasteiger partial charge in [0.25, 0.3) is 5.91 Å². The Balaban J connectivity index is 1.68. The normalized spacial score (nSPS) is 11.9. The quantitative estimate of drug-likeness (QED) is 0.471. The fourth-order valence-electron chi connectivity index (χ4n) is 2.57. The second kappa shape index (κ2) is 6.96. The van der Waals surface area contributed by atoms with E-state index in [0.29, 0.717) is 32.9 Å². The third kappa shape index (κ3) is 3.53. The van der Waals surface area contributed by atoms with Gasteiger partial charge in [-0.05, 0) is 12.1 Å². The number of benzene rings is 2. The molecule has 3 aromatic rings. The molecule has 4 rings (SSSR count). The number of hydrogen-bond donors (Lipinski definition) is 3. The molecule has 0 fully saturated rings. The zero-order chi connectivity index (χ0) is 18.8. The van der Waals surface area contributed by atoms with E-state index in [9.17, 15) is 4.79 Å². The maximum absolute atomic E-state index is 12.9. The van der Waals surface area contributed by atoms with Crippen molar-refractivity contribution in [1.82, 2.24) is 4.98 Å². The number of fused-ring (bicyclic) bond motifs is 1. The molecule has 1 aliphatic rings. The molecule has 0 spiro atoms. The average molecular weight is 381 g/mol. The highest BCUT2D eigenvalue weighted by atomic mass is 32.1. The van der Waals surface area contributed by atoms with E-state index in [-0.39, 0.29) is 18.7 Å². The first-order valence-electron chi connectivity index (χ1n) is 7.97. The summed E-state index contributed by atoms with van der Waals surface area (Å²) < 4.78 is 10.6. The van der Waals surface area contributed by atoms with Gasteiger partial charge >= 0.3 is 0 Å². The van der Waals surface area contributed by atoms with Crippen LogP contribution in [0, 0.1) is 0 Å². The molecule has 136 valence electrons. The van der Waals surface area contributed by atoms with Crippen LogP contribution in [-0.2, 0) is 0 Å². The van der Waals surface area contributed by atoms with E-state index < -0.39 is 0 Å². The third-order valence-corrected chi connectivity index (χ3v) is 4.67. The first kappa shape index (κ1) is 16.9. The van der Waals surface area contributed by atoms with Crippen LogP contribution in [0.5, 0.6) is 11.5 Å². The monoisotopic (exact) mass is 381 g/mol. The summed E-state index contributed by atoms with van der Waals surface area (Å²) in [5.41, 5.74) is 12.8. The molecule has 1 aromatic heterocycles. The third-order valence-electron chi connectivity index (χ3n) is 3.72. The second-order valence-corrected chi connectivity index (χ2v) is 6.58. The number of carbonyl (C=O) groups is 1. The highest BCUT2D eigenvalue weighted by Crippen LogP contribution is 2.36. The molecule has 2 heterocycles. The Labute approximate surface area is 158 Å². The molecule has 8 nitrogen and oxygen atoms in total. The van der Waals surface area contributed by atoms with Gasteiger partial charge in [-0.2, -0.15) is 4.99 Å². The van der Waals surface area contributed by atoms with E-state index >= 15 is 0 Å². The molecule has 0 radical (unpaired) electrons. The Bertz CT molecular complexity index is 1030. The minimum absolute atomic E-state index is 0.119. The maximum atomic E-state index is 12.9. The number of amides is 1. The first-order valence-corrected chi connectivity index (χ1v) is 8.78. The lowest BCUT2D eigenvalue weighted by Gasteiger charge is -2.06. The van der Waals surface area contributed by atoms with Crippen molar-refractivity contribution >= 4 is 34.0 Å². The van der Waals surface area contributed by atoms with E-state index in [2.05, 4.69) is 15.3 Å². The van der Waals surface area contributed by atoms with Crippen LogP contribution in [0.3, 0.4) is 0 Å². The van der Waals surface area contributed by atoms with Crippen LogP contribution in [0.4, 0.5) is 10.8 Å². The van der Waals surface area contributed by atoms with Crippen molar-refractivity contribution in [2.45, 2.75) is 0 Å². The summed E-state index contributed by atoms with van der Waals surface area (Å²) >= 11 is 1.11. The fraction of sp³-hybridized carbons (Fsp3) is 0.0556. The fourth-order valence-corrected chi connectivity index (χ4v) is 3.45. The molecule has 5 N–H and O–H groups in total. The van der Waals surface area contributed by atoms with Crippen molar-refractivity contribution in [1.29, 1.82) is 0 Å². The summed E-state index contributed by atoms with van der Waals surface area (Å²) in [4.78, 5) is 21.7. The summed E-state index contributed by atoms with van der Waals surface area (Å²) in [5, 5.41) is 3.16. The Morgan fingerprint density at radius 1 is 1.11 bits per heavy atom. The smallest absolute Gasteiger partial charge is 0.268 e. The van der Waals surface area contributed by atoms with E-state index in [1.807, 2.05) is 30.3 Å². The topological polar surface area (TPSA) is 125 Å². The molecule has 27 heavy (non-hydrogen) atoms. The minimum atomic E-state index is -0.317. The van der Waals surface area contributed by atoms with E-state index in [1.54, 1.807) is 18.2 Å². The Hall–Kier alpha value is -3.59. The molecular weight excluding hydrogens is 366 g/mol. The zero-order valence-corrected chi connectivity index (χ0v) is 14.8. The summed E-state index contributed by atoms with van der Waals surface area (Å²) in [6.07, 6.45) is 0. The molecule has 9 heteroatoms. The van der Waals surface area contributed by atoms with Gasteiger partial charge in [-0.15, -0.1) is 0 Å². The number of carbonyl (C=O) groups excluding carboxylic acids is 1. The van der Waals surface area contributed by atoms with Gasteiger partial charge in [-0.25, -0.2) is 4.98 Å². The van der Waals surface area contributed by atoms with Crippen molar-refractivity contribution < 1.29 is 14.3 Å². The largest absolute Gasteiger partial charge is 0.454 e. The molecule has 2 aromatic carbocycles. The van der Waals surface area contributed by atoms with Crippen LogP contribution in [0.15, 0.2) is 53.5 Å². The predicted octanol–water partition coefficient (Wildman–Crippen LogP) is 2.70. The standard InChI is InChI=1S/C18H15N5O3S/c19-17(20)23-18-22-14(10-4-2-1-3-5-10)15(27-18)16(24)21-11-6-7-12-13(8-11)26-9-25-12/h1-8H,9H2,(H,21,24)(H4,19,20,22,23). The van der Waals surface area contributed by atoms with Crippen LogP contribution >= 0.6 is 11.3 Å². The van der Waals surface area contributed by atoms with E-state index in [0.717, 1.165) is 16.9 Å². The first-order chi connectivity index (χ1) is 13.1. The molecule has 1 amide bonds. The summed E-state index contributed by atoms with van der Waals surface area (Å²) in [7, 11) is 0. The van der Waals surface area contributed by atoms with E-state index in [1.165, 1.54) is 0 Å². The van der Waals surface area contributed by atoms with Crippen LogP contribution in [0.2, 0.25) is 0 Å². The molecule has 0 bridgehead atoms. The molecular formula is C18H15N5O3S. The maximum Gasteiger partial charge on any atom is 0.268 e. The lowest BCUT2D eigenvalue weighted by molar-refractivity contribution is 0.103. The second-order valence-electron chi connectivity index (χ2n) is 5.60. The minimum Gasteiger partial charge on any atom is -0.454 e. The van der Waals surface area contributed by atoms with Gasteiger partial charge in [-0.1, -0.05) is 41.7 Å². The molecule has 0 unspecified atom stereocenters. The van der Waals surface area contributed by atoms with Crippen molar-refractivity contribution in [3.05, 3.63) is 53.4 Å². The molecule has 0 aliphatic carbocycles. The van der Waals surface area contributed by atoms with Gasteiger partial charge < -0.3 is 26.3 Å². The number of guanidine groups is 1. The number of aliphatic imine (C=N–C) groups is 1. The number of hydrogen-bond acceptors (Lipinski definition) is 6. The summed E-state index contributed by atoms with van der Waals surface area (Å²) in [5.74, 6) is 0.792. The molecule has 0 saturated carbocycles. The molecule has 1 aliphatic heterocycles. The van der Waals surface area contributed by atoms with Gasteiger partial charge in [0, 0.05) is 17.3 Å². The SMILES string of the molecule is NC(N)=Nc1nc(-c2ccccc2)c(C(=O)Nc2ccc3c(c2)OCO3)s1. The highest BCUT2D eigenvalue weighted by molar-refractivity contribution is 7.17. The Kier molecular flexibility index (Phi) is 4.35. The van der Waals surface area contributed by atoms with Crippen LogP contribution in [0.1, 0.15) is 9.67 Å². The number of ether oxygens (including phenoxy) is 2. The number of anilines is 1. The number of nitrogens with one attached hydrogen (secondary N) is 1. The van der Waals surface area contributed by atoms with E-state index in [4.69, 9.17) is 20.9 Å². The lowest BCUT2D eigenvalue weighted by Crippen LogP contribution is -2.21. The number of aromatic nitrogens is 1. The van der Waals surface area contributed by atoms with Crippen LogP contribution in [-0.4, -0.2) is 23.6 Å². The number of nitrogens with zero attached hydrogens (tertiary/aromatic N) is 2. The number of rotatable bonds is 4. The Morgan fingerprint density at radius 2 is 1.89 bits per heavy atom. The van der Waals surface area contributed by atoms with Crippen LogP contribution < -0.4 is 26.3 Å². The van der Waals surface area contributed by atoms with Crippen molar-refractivity contribution in [2.75, 3.05) is 12.1 Å². The highest BCUT2D eigenvalue weighted by Gasteiger charge is 2.21. The van der Waals surface area contributed by atoms with Gasteiger partial charge in [0.2, 0.25) is 11.9 Å². The zero-order valence-electron chi connectivity index (χ0n) is 14.0. The van der Waals surface area contributed by atoms with Gasteiger partial charge in [0.1, 0.15) is 4.88 Å². The predicted molar refractivity (Wildman–Crippen MR) is 104 cm³/mol. The summed E-state index contributed by atoms with van der Waals surface area (Å²) in [6.45, 7) is 0.168. The Morgan fingerprint density at radius 3 is 2.67 bits per heavy atom. The molecule has 0 atom stereocenters. The summed E-state index contributed by atoms with van der Waals surface area (Å²) in [6, 6.07) is 14.6. The number of nitrogens with two attached hydrogens (primary N) is 2. The average Bonchev–Trinajstić information content (AvgIpc) is 3.28. The van der Waals surface area contributed by atoms with Gasteiger partial charge in [0.15, 0.2) is 17.5 Å². The van der Waals surface area contributed by atoms with Gasteiger partial charge in [-0.3, -0.25) is 4.79 Å². The van der Waals surface area contributed by atoms with Crippen molar-refractivity contribution in [2.24, 2.45) is 16.5 Å². The van der Waals surface area contributed by atoms with Crippen molar-refractivity contribution in [3.8, 4) is 22.8 Å². The number of thiazole rings is 1. The van der Waals surface area contributed by atoms with Crippen molar-refractivity contribution in [3.63, 3.8) is 0 Å². The van der Waals surface area contributed by atoms with Gasteiger partial charge in [0.05, 0.1) is 5.69 Å². The molecule has 0 saturated heterocycles. The lowest BCUT2D eigenvalue weighted by atomic mass is 10.1. The van der Waals surface area contributed by atoms with Crippen LogP contribution in [0.25, 0.3) is 11.3 Å².